The van der Waals surface area contributed by atoms with Crippen LogP contribution in [0.2, 0.25) is 0 Å². The lowest BCUT2D eigenvalue weighted by Gasteiger charge is -2.28. The van der Waals surface area contributed by atoms with Crippen LogP contribution in [0.5, 0.6) is 11.5 Å². The summed E-state index contributed by atoms with van der Waals surface area (Å²) in [7, 11) is 1.13. The number of phenolic OH excluding ortho intramolecular Hbond substituents is 1. The van der Waals surface area contributed by atoms with Gasteiger partial charge in [-0.05, 0) is 48.6 Å². The number of rotatable bonds is 4. The van der Waals surface area contributed by atoms with Crippen LogP contribution in [0.1, 0.15) is 30.2 Å². The number of methoxy groups -OCH3 is 1. The molecule has 0 saturated heterocycles. The third-order valence-corrected chi connectivity index (χ3v) is 9.09. The van der Waals surface area contributed by atoms with Crippen molar-refractivity contribution in [2.45, 2.75) is 25.2 Å². The van der Waals surface area contributed by atoms with E-state index in [9.17, 15) is 39.3 Å². The van der Waals surface area contributed by atoms with Crippen molar-refractivity contribution in [1.82, 2.24) is 4.98 Å². The van der Waals surface area contributed by atoms with Gasteiger partial charge in [-0.15, -0.1) is 0 Å². The Balaban J connectivity index is 1.68. The Labute approximate surface area is 257 Å². The first-order chi connectivity index (χ1) is 22.1. The number of phenols is 1. The fraction of sp³-hybridized carbons (Fsp3) is 0.139. The predicted octanol–water partition coefficient (Wildman–Crippen LogP) is 1.77. The third kappa shape index (κ3) is 3.55. The molecule has 1 aromatic heterocycles. The number of pyridine rings is 1. The summed E-state index contributed by atoms with van der Waals surface area (Å²) in [4.78, 5) is 70.0. The van der Waals surface area contributed by atoms with Gasteiger partial charge in [0.2, 0.25) is 16.3 Å². The highest BCUT2D eigenvalue weighted by Gasteiger charge is 2.54. The van der Waals surface area contributed by atoms with Crippen molar-refractivity contribution in [2.24, 2.45) is 0 Å². The average molecular weight is 616 g/mol. The van der Waals surface area contributed by atoms with Crippen LogP contribution in [0.15, 0.2) is 84.7 Å². The van der Waals surface area contributed by atoms with Crippen molar-refractivity contribution in [3.05, 3.63) is 150 Å². The zero-order chi connectivity index (χ0) is 32.7. The zero-order valence-corrected chi connectivity index (χ0v) is 24.6. The van der Waals surface area contributed by atoms with Crippen LogP contribution >= 0.6 is 0 Å². The summed E-state index contributed by atoms with van der Waals surface area (Å²) >= 11 is 0. The Morgan fingerprint density at radius 3 is 2.17 bits per heavy atom. The van der Waals surface area contributed by atoms with Crippen molar-refractivity contribution in [2.75, 3.05) is 7.11 Å². The van der Waals surface area contributed by atoms with Crippen LogP contribution in [-0.4, -0.2) is 27.4 Å². The Morgan fingerprint density at radius 2 is 1.52 bits per heavy atom. The van der Waals surface area contributed by atoms with Gasteiger partial charge in [-0.25, -0.2) is 0 Å². The van der Waals surface area contributed by atoms with Crippen molar-refractivity contribution < 1.29 is 20.1 Å². The maximum absolute atomic E-state index is 13.8. The van der Waals surface area contributed by atoms with Gasteiger partial charge in [0, 0.05) is 22.7 Å². The summed E-state index contributed by atoms with van der Waals surface area (Å²) in [5, 5.41) is 33.1. The SMILES string of the molecule is CC=CC=Cc1cc2c(-c3ccccc3)c3c(c(O)c2c(=O)[nH]1)[C@@]1(CC3)C(O)=c2c(=O)c3c(=O)cc(OC)c(=O)c=3c(=O)c2=C1O. The van der Waals surface area contributed by atoms with E-state index >= 15 is 0 Å². The summed E-state index contributed by atoms with van der Waals surface area (Å²) in [6, 6.07) is 11.6. The standard InChI is InChI=1S/C36H25NO9/c1-3-4-6-11-17-14-19-22(16-9-7-5-8-10-16)18-12-13-36(28(18)32(42)23(19)35(45)37-17)33(43)26-27(34(36)44)31(41)25-24(30(26)40)20(38)15-21(46-2)29(25)39/h3-11,14-15,42-44H,12-13H2,1-2H3,(H,37,45)/t36-/m0/s1. The number of fused-ring (bicyclic) bond motifs is 4. The van der Waals surface area contributed by atoms with E-state index in [1.165, 1.54) is 0 Å². The Bertz CT molecular complexity index is 2720. The van der Waals surface area contributed by atoms with Gasteiger partial charge in [0.25, 0.3) is 5.56 Å². The first kappa shape index (κ1) is 28.7. The molecule has 0 bridgehead atoms. The molecule has 0 amide bonds. The largest absolute Gasteiger partial charge is 0.510 e. The number of aromatic hydroxyl groups is 1. The number of aliphatic hydroxyl groups is 2. The highest BCUT2D eigenvalue weighted by atomic mass is 16.5. The topological polar surface area (TPSA) is 171 Å². The molecule has 10 nitrogen and oxygen atoms in total. The van der Waals surface area contributed by atoms with Crippen LogP contribution in [0, 0.1) is 10.4 Å². The maximum Gasteiger partial charge on any atom is 0.260 e. The minimum atomic E-state index is -2.01. The quantitative estimate of drug-likeness (QED) is 0.220. The maximum atomic E-state index is 13.8. The fourth-order valence-electron chi connectivity index (χ4n) is 7.16. The van der Waals surface area contributed by atoms with E-state index < -0.39 is 76.6 Å². The minimum absolute atomic E-state index is 0.0436. The molecule has 7 rings (SSSR count). The number of hydrogen-bond acceptors (Lipinski definition) is 9. The number of benzene rings is 2. The van der Waals surface area contributed by atoms with Gasteiger partial charge in [-0.1, -0.05) is 48.6 Å². The van der Waals surface area contributed by atoms with Crippen LogP contribution in [-0.2, 0) is 11.8 Å². The van der Waals surface area contributed by atoms with E-state index in [4.69, 9.17) is 4.74 Å². The third-order valence-electron chi connectivity index (χ3n) is 9.09. The van der Waals surface area contributed by atoms with Crippen LogP contribution in [0.25, 0.3) is 39.5 Å². The molecule has 0 aliphatic heterocycles. The number of aromatic amines is 1. The Hall–Kier alpha value is -6.03. The molecule has 4 N–H and O–H groups in total. The zero-order valence-electron chi connectivity index (χ0n) is 24.6. The second kappa shape index (κ2) is 10.00. The lowest BCUT2D eigenvalue weighted by molar-refractivity contribution is 0.362. The van der Waals surface area contributed by atoms with E-state index in [-0.39, 0.29) is 23.8 Å². The normalized spacial score (nSPS) is 17.3. The second-order valence-corrected chi connectivity index (χ2v) is 11.3. The summed E-state index contributed by atoms with van der Waals surface area (Å²) in [5.74, 6) is -2.50. The van der Waals surface area contributed by atoms with E-state index in [1.54, 1.807) is 36.4 Å². The molecular formula is C36H25NO9. The molecule has 0 unspecified atom stereocenters. The number of aromatic nitrogens is 1. The number of hydrogen-bond donors (Lipinski definition) is 4. The first-order valence-corrected chi connectivity index (χ1v) is 14.4. The fourth-order valence-corrected chi connectivity index (χ4v) is 7.16. The second-order valence-electron chi connectivity index (χ2n) is 11.3. The molecule has 4 aliphatic rings. The molecule has 0 saturated carbocycles. The van der Waals surface area contributed by atoms with Gasteiger partial charge in [-0.2, -0.15) is 0 Å². The minimum Gasteiger partial charge on any atom is -0.510 e. The van der Waals surface area contributed by atoms with Crippen LogP contribution in [0.3, 0.4) is 0 Å². The molecule has 1 atom stereocenters. The first-order valence-electron chi connectivity index (χ1n) is 14.4. The molecule has 4 aliphatic carbocycles. The summed E-state index contributed by atoms with van der Waals surface area (Å²) in [5.41, 5.74) is -4.71. The molecule has 228 valence electrons. The molecule has 46 heavy (non-hydrogen) atoms. The Morgan fingerprint density at radius 1 is 0.848 bits per heavy atom. The summed E-state index contributed by atoms with van der Waals surface area (Å²) < 4.78 is 4.94. The Kier molecular flexibility index (Phi) is 6.24. The van der Waals surface area contributed by atoms with Gasteiger partial charge < -0.3 is 25.0 Å². The highest BCUT2D eigenvalue weighted by Crippen LogP contribution is 2.56. The van der Waals surface area contributed by atoms with Gasteiger partial charge in [-0.3, -0.25) is 24.0 Å². The molecule has 0 radical (unpaired) electrons. The lowest BCUT2D eigenvalue weighted by atomic mass is 9.77. The molecule has 1 spiro atoms. The molecule has 0 fully saturated rings. The monoisotopic (exact) mass is 615 g/mol. The predicted molar refractivity (Wildman–Crippen MR) is 173 cm³/mol. The van der Waals surface area contributed by atoms with Gasteiger partial charge >= 0.3 is 0 Å². The molecule has 1 heterocycles. The summed E-state index contributed by atoms with van der Waals surface area (Å²) in [6.45, 7) is 1.85. The average Bonchev–Trinajstić information content (AvgIpc) is 3.54. The van der Waals surface area contributed by atoms with E-state index in [2.05, 4.69) is 4.98 Å². The van der Waals surface area contributed by atoms with Crippen molar-refractivity contribution in [3.63, 3.8) is 0 Å². The number of H-pyrrole nitrogens is 1. The smallest absolute Gasteiger partial charge is 0.260 e. The van der Waals surface area contributed by atoms with Gasteiger partial charge in [0.05, 0.1) is 33.4 Å². The van der Waals surface area contributed by atoms with E-state index in [0.29, 0.717) is 27.8 Å². The molecule has 2 aromatic carbocycles. The van der Waals surface area contributed by atoms with Gasteiger partial charge in [0.1, 0.15) is 22.7 Å². The lowest BCUT2D eigenvalue weighted by Crippen LogP contribution is -2.51. The number of allylic oxidation sites excluding steroid dienone is 3. The molecule has 10 heteroatoms. The number of ether oxygens (including phenoxy) is 1. The molecular weight excluding hydrogens is 590 g/mol. The van der Waals surface area contributed by atoms with Crippen LogP contribution < -0.4 is 42.4 Å². The highest BCUT2D eigenvalue weighted by molar-refractivity contribution is 6.05. The number of aliphatic hydroxyl groups excluding tert-OH is 2. The number of nitrogens with one attached hydrogen (secondary N) is 1. The van der Waals surface area contributed by atoms with Crippen LogP contribution in [0.4, 0.5) is 0 Å². The van der Waals surface area contributed by atoms with E-state index in [0.717, 1.165) is 13.2 Å². The van der Waals surface area contributed by atoms with Crippen molar-refractivity contribution in [1.29, 1.82) is 0 Å². The van der Waals surface area contributed by atoms with Gasteiger partial charge in [0.15, 0.2) is 11.2 Å². The van der Waals surface area contributed by atoms with Crippen molar-refractivity contribution >= 4 is 28.4 Å². The summed E-state index contributed by atoms with van der Waals surface area (Å²) in [6.07, 6.45) is 7.12. The van der Waals surface area contributed by atoms with Crippen molar-refractivity contribution in [3.8, 4) is 22.6 Å². The van der Waals surface area contributed by atoms with E-state index in [1.807, 2.05) is 31.2 Å². The molecule has 3 aromatic rings.